The van der Waals surface area contributed by atoms with Gasteiger partial charge in [-0.1, -0.05) is 23.7 Å². The van der Waals surface area contributed by atoms with Crippen molar-refractivity contribution in [3.63, 3.8) is 0 Å². The lowest BCUT2D eigenvalue weighted by atomic mass is 9.82. The van der Waals surface area contributed by atoms with Crippen molar-refractivity contribution in [2.45, 2.75) is 30.6 Å². The molecule has 2 aromatic carbocycles. The highest BCUT2D eigenvalue weighted by atomic mass is 35.5. The summed E-state index contributed by atoms with van der Waals surface area (Å²) in [6.07, 6.45) is 3.67. The number of piperazine rings is 1. The highest BCUT2D eigenvalue weighted by Crippen LogP contribution is 2.30. The minimum absolute atomic E-state index is 0.130. The van der Waals surface area contributed by atoms with Crippen LogP contribution in [0, 0.1) is 23.2 Å². The second-order valence-electron chi connectivity index (χ2n) is 8.18. The molecule has 2 aliphatic rings. The Kier molecular flexibility index (Phi) is 6.01. The van der Waals surface area contributed by atoms with E-state index in [4.69, 9.17) is 16.9 Å². The zero-order valence-electron chi connectivity index (χ0n) is 16.6. The molecule has 0 aromatic heterocycles. The van der Waals surface area contributed by atoms with Crippen LogP contribution in [0.3, 0.4) is 0 Å². The minimum atomic E-state index is -3.75. The van der Waals surface area contributed by atoms with Crippen molar-refractivity contribution in [2.24, 2.45) is 11.8 Å². The Balaban J connectivity index is 1.43. The second kappa shape index (κ2) is 8.54. The van der Waals surface area contributed by atoms with Crippen LogP contribution in [-0.4, -0.2) is 49.7 Å². The molecule has 1 saturated carbocycles. The van der Waals surface area contributed by atoms with Crippen LogP contribution in [0.15, 0.2) is 41.3 Å². The van der Waals surface area contributed by atoms with E-state index in [0.717, 1.165) is 36.5 Å². The first-order valence-corrected chi connectivity index (χ1v) is 12.1. The summed E-state index contributed by atoms with van der Waals surface area (Å²) in [5, 5.41) is 11.3. The lowest BCUT2D eigenvalue weighted by molar-refractivity contribution is -0.134. The van der Waals surface area contributed by atoms with E-state index in [1.54, 1.807) is 41.3 Å². The molecule has 158 valence electrons. The van der Waals surface area contributed by atoms with Crippen molar-refractivity contribution < 1.29 is 13.2 Å². The van der Waals surface area contributed by atoms with Crippen LogP contribution in [-0.2, 0) is 14.8 Å². The van der Waals surface area contributed by atoms with Gasteiger partial charge in [-0.15, -0.1) is 0 Å². The fourth-order valence-corrected chi connectivity index (χ4v) is 5.97. The smallest absolute Gasteiger partial charge is 0.243 e. The minimum Gasteiger partial charge on any atom is -0.340 e. The molecule has 8 heteroatoms. The van der Waals surface area contributed by atoms with Crippen molar-refractivity contribution in [3.05, 3.63) is 41.4 Å². The maximum absolute atomic E-state index is 13.1. The maximum atomic E-state index is 13.1. The quantitative estimate of drug-likeness (QED) is 0.719. The monoisotopic (exact) mass is 445 g/mol. The third-order valence-corrected chi connectivity index (χ3v) is 8.28. The average Bonchev–Trinajstić information content (AvgIpc) is 2.75. The van der Waals surface area contributed by atoms with E-state index in [0.29, 0.717) is 30.6 Å². The van der Waals surface area contributed by atoms with Gasteiger partial charge in [-0.3, -0.25) is 4.79 Å². The zero-order chi connectivity index (χ0) is 21.3. The molecule has 1 heterocycles. The molecule has 0 radical (unpaired) electrons. The highest BCUT2D eigenvalue weighted by Gasteiger charge is 2.34. The molecule has 1 amide bonds. The number of amides is 1. The summed E-state index contributed by atoms with van der Waals surface area (Å²) in [6.45, 7) is 1.22. The Hall–Kier alpha value is -2.14. The second-order valence-corrected chi connectivity index (χ2v) is 10.6. The van der Waals surface area contributed by atoms with E-state index < -0.39 is 10.0 Å². The molecule has 0 unspecified atom stereocenters. The largest absolute Gasteiger partial charge is 0.340 e. The van der Waals surface area contributed by atoms with Gasteiger partial charge >= 0.3 is 0 Å². The van der Waals surface area contributed by atoms with Crippen molar-refractivity contribution >= 4 is 38.3 Å². The van der Waals surface area contributed by atoms with Gasteiger partial charge in [0, 0.05) is 30.6 Å². The number of hydrogen-bond acceptors (Lipinski definition) is 4. The Morgan fingerprint density at radius 3 is 2.43 bits per heavy atom. The lowest BCUT2D eigenvalue weighted by Crippen LogP contribution is -2.53. The van der Waals surface area contributed by atoms with Gasteiger partial charge in [-0.2, -0.15) is 9.57 Å². The summed E-state index contributed by atoms with van der Waals surface area (Å²) in [5.41, 5.74) is 0. The first kappa shape index (κ1) is 21.1. The van der Waals surface area contributed by atoms with Gasteiger partial charge in [0.05, 0.1) is 17.5 Å². The van der Waals surface area contributed by atoms with E-state index in [1.165, 1.54) is 4.31 Å². The molecule has 4 rings (SSSR count). The van der Waals surface area contributed by atoms with Gasteiger partial charge in [0.2, 0.25) is 15.9 Å². The van der Waals surface area contributed by atoms with Crippen molar-refractivity contribution in [1.29, 1.82) is 5.26 Å². The number of sulfonamides is 1. The molecule has 30 heavy (non-hydrogen) atoms. The number of fused-ring (bicyclic) bond motifs is 1. The number of carbonyl (C=O) groups is 1. The molecule has 1 saturated heterocycles. The predicted octanol–water partition coefficient (Wildman–Crippen LogP) is 3.66. The van der Waals surface area contributed by atoms with Crippen molar-refractivity contribution in [1.82, 2.24) is 9.21 Å². The normalized spacial score (nSPS) is 23.5. The molecule has 0 bridgehead atoms. The van der Waals surface area contributed by atoms with Crippen LogP contribution in [0.4, 0.5) is 0 Å². The molecule has 6 nitrogen and oxygen atoms in total. The summed E-state index contributed by atoms with van der Waals surface area (Å²) in [7, 11) is -3.75. The Morgan fingerprint density at radius 2 is 1.73 bits per heavy atom. The molecule has 1 aliphatic carbocycles. The van der Waals surface area contributed by atoms with Gasteiger partial charge in [0.15, 0.2) is 0 Å². The third kappa shape index (κ3) is 4.31. The number of carbonyl (C=O) groups excluding carboxylic acids is 1. The number of nitrogens with zero attached hydrogens (tertiary/aromatic N) is 3. The topological polar surface area (TPSA) is 81.5 Å². The molecule has 2 aromatic rings. The van der Waals surface area contributed by atoms with Crippen LogP contribution in [0.1, 0.15) is 25.7 Å². The van der Waals surface area contributed by atoms with E-state index >= 15 is 0 Å². The molecular weight excluding hydrogens is 422 g/mol. The highest BCUT2D eigenvalue weighted by molar-refractivity contribution is 7.89. The van der Waals surface area contributed by atoms with Crippen molar-refractivity contribution in [3.8, 4) is 6.07 Å². The van der Waals surface area contributed by atoms with E-state index in [9.17, 15) is 13.2 Å². The van der Waals surface area contributed by atoms with Crippen LogP contribution >= 0.6 is 11.6 Å². The third-order valence-electron chi connectivity index (χ3n) is 6.20. The zero-order valence-corrected chi connectivity index (χ0v) is 18.2. The number of nitriles is 1. The molecule has 0 N–H and O–H groups in total. The SMILES string of the molecule is N#CC1CCC(CN2CCN(S(=O)(=O)c3ccc4cc(Cl)ccc4c3)CC2=O)CC1. The molecule has 1 aliphatic heterocycles. The number of hydrogen-bond donors (Lipinski definition) is 0. The molecule has 2 fully saturated rings. The van der Waals surface area contributed by atoms with Gasteiger partial charge < -0.3 is 4.90 Å². The number of rotatable bonds is 4. The molecule has 0 spiro atoms. The summed E-state index contributed by atoms with van der Waals surface area (Å²) in [4.78, 5) is 14.7. The summed E-state index contributed by atoms with van der Waals surface area (Å²) >= 11 is 6.00. The van der Waals surface area contributed by atoms with Gasteiger partial charge in [-0.25, -0.2) is 8.42 Å². The van der Waals surface area contributed by atoms with Crippen molar-refractivity contribution in [2.75, 3.05) is 26.2 Å². The van der Waals surface area contributed by atoms with E-state index in [1.807, 2.05) is 0 Å². The number of halogens is 1. The van der Waals surface area contributed by atoms with Gasteiger partial charge in [0.25, 0.3) is 0 Å². The summed E-state index contributed by atoms with van der Waals surface area (Å²) in [5.74, 6) is 0.380. The first-order chi connectivity index (χ1) is 14.4. The van der Waals surface area contributed by atoms with Gasteiger partial charge in [-0.05, 0) is 66.6 Å². The fraction of sp³-hybridized carbons (Fsp3) is 0.455. The van der Waals surface area contributed by atoms with Crippen LogP contribution in [0.5, 0.6) is 0 Å². The van der Waals surface area contributed by atoms with Gasteiger partial charge in [0.1, 0.15) is 0 Å². The predicted molar refractivity (Wildman–Crippen MR) is 115 cm³/mol. The van der Waals surface area contributed by atoms with Crippen LogP contribution in [0.2, 0.25) is 5.02 Å². The maximum Gasteiger partial charge on any atom is 0.243 e. The van der Waals surface area contributed by atoms with Crippen LogP contribution < -0.4 is 0 Å². The average molecular weight is 446 g/mol. The first-order valence-electron chi connectivity index (χ1n) is 10.2. The Labute approximate surface area is 182 Å². The summed E-state index contributed by atoms with van der Waals surface area (Å²) < 4.78 is 27.5. The Bertz CT molecular complexity index is 1100. The van der Waals surface area contributed by atoms with Crippen LogP contribution in [0.25, 0.3) is 10.8 Å². The van der Waals surface area contributed by atoms with E-state index in [-0.39, 0.29) is 23.3 Å². The number of benzene rings is 2. The lowest BCUT2D eigenvalue weighted by Gasteiger charge is -2.36. The molecular formula is C22H24ClN3O3S. The molecule has 0 atom stereocenters. The Morgan fingerprint density at radius 1 is 1.03 bits per heavy atom. The van der Waals surface area contributed by atoms with E-state index in [2.05, 4.69) is 6.07 Å². The summed E-state index contributed by atoms with van der Waals surface area (Å²) in [6, 6.07) is 12.6. The fourth-order valence-electron chi connectivity index (χ4n) is 4.38. The standard InChI is InChI=1S/C22H24ClN3O3S/c23-20-7-5-19-12-21(8-6-18(19)11-20)30(28,29)26-10-9-25(22(27)15-26)14-17-3-1-16(13-24)2-4-17/h5-8,11-12,16-17H,1-4,9-10,14-15H2.